The number of allylic oxidation sites excluding steroid dienone is 1. The zero-order valence-electron chi connectivity index (χ0n) is 18.0. The standard InChI is InChI=1S/C23H34N6.HI/c1-2-22-28-27-19-29(22)18-17-26-23(24-15-13-20-9-5-3-6-10-20)25-16-14-21-11-7-4-8-12-21;/h3,5-6,9-11,19H,2,4,7-8,12-18H2,1H3,(H2,24,25,26);1H. The Morgan fingerprint density at radius 1 is 1.10 bits per heavy atom. The third-order valence-corrected chi connectivity index (χ3v) is 5.29. The molecule has 1 aliphatic carbocycles. The number of nitrogens with zero attached hydrogens (tertiary/aromatic N) is 4. The molecule has 1 aromatic heterocycles. The lowest BCUT2D eigenvalue weighted by Crippen LogP contribution is -2.40. The molecule has 0 saturated heterocycles. The minimum absolute atomic E-state index is 0. The van der Waals surface area contributed by atoms with Crippen molar-refractivity contribution in [3.05, 3.63) is 59.7 Å². The van der Waals surface area contributed by atoms with E-state index in [9.17, 15) is 0 Å². The van der Waals surface area contributed by atoms with Gasteiger partial charge in [-0.2, -0.15) is 0 Å². The first-order valence-corrected chi connectivity index (χ1v) is 11.0. The maximum atomic E-state index is 4.82. The van der Waals surface area contributed by atoms with Crippen LogP contribution in [0.3, 0.4) is 0 Å². The van der Waals surface area contributed by atoms with E-state index < -0.39 is 0 Å². The van der Waals surface area contributed by atoms with Gasteiger partial charge in [-0.15, -0.1) is 34.2 Å². The summed E-state index contributed by atoms with van der Waals surface area (Å²) in [5, 5.41) is 15.1. The van der Waals surface area contributed by atoms with E-state index in [2.05, 4.69) is 68.7 Å². The highest BCUT2D eigenvalue weighted by molar-refractivity contribution is 14.0. The second-order valence-corrected chi connectivity index (χ2v) is 7.47. The molecule has 2 N–H and O–H groups in total. The Labute approximate surface area is 197 Å². The Balaban J connectivity index is 0.00000320. The van der Waals surface area contributed by atoms with Crippen LogP contribution in [0.25, 0.3) is 0 Å². The van der Waals surface area contributed by atoms with Crippen molar-refractivity contribution in [3.8, 4) is 0 Å². The molecule has 1 heterocycles. The Morgan fingerprint density at radius 3 is 2.70 bits per heavy atom. The Kier molecular flexibility index (Phi) is 11.5. The van der Waals surface area contributed by atoms with E-state index in [1.165, 1.54) is 31.2 Å². The molecule has 7 heteroatoms. The van der Waals surface area contributed by atoms with Crippen molar-refractivity contribution < 1.29 is 0 Å². The molecule has 1 aliphatic rings. The van der Waals surface area contributed by atoms with Crippen molar-refractivity contribution in [2.75, 3.05) is 19.6 Å². The van der Waals surface area contributed by atoms with Crippen molar-refractivity contribution in [1.29, 1.82) is 0 Å². The molecule has 0 radical (unpaired) electrons. The van der Waals surface area contributed by atoms with Crippen LogP contribution in [0.4, 0.5) is 0 Å². The van der Waals surface area contributed by atoms with E-state index >= 15 is 0 Å². The van der Waals surface area contributed by atoms with Gasteiger partial charge in [-0.1, -0.05) is 48.9 Å². The number of aryl methyl sites for hydroxylation is 1. The van der Waals surface area contributed by atoms with E-state index in [0.717, 1.165) is 57.2 Å². The molecule has 3 rings (SSSR count). The number of guanidine groups is 1. The van der Waals surface area contributed by atoms with Crippen LogP contribution in [0.1, 0.15) is 50.4 Å². The first-order valence-electron chi connectivity index (χ1n) is 11.0. The fourth-order valence-electron chi connectivity index (χ4n) is 3.62. The average molecular weight is 522 g/mol. The lowest BCUT2D eigenvalue weighted by Gasteiger charge is -2.15. The van der Waals surface area contributed by atoms with Gasteiger partial charge < -0.3 is 15.2 Å². The Bertz CT molecular complexity index is 784. The number of benzene rings is 1. The highest BCUT2D eigenvalue weighted by Gasteiger charge is 2.05. The highest BCUT2D eigenvalue weighted by atomic mass is 127. The van der Waals surface area contributed by atoms with Crippen LogP contribution >= 0.6 is 24.0 Å². The van der Waals surface area contributed by atoms with Crippen molar-refractivity contribution in [1.82, 2.24) is 25.4 Å². The summed E-state index contributed by atoms with van der Waals surface area (Å²) >= 11 is 0. The summed E-state index contributed by atoms with van der Waals surface area (Å²) in [6.45, 7) is 5.43. The first-order chi connectivity index (χ1) is 14.3. The minimum Gasteiger partial charge on any atom is -0.356 e. The molecule has 0 aliphatic heterocycles. The quantitative estimate of drug-likeness (QED) is 0.213. The van der Waals surface area contributed by atoms with Gasteiger partial charge in [0.15, 0.2) is 5.96 Å². The Morgan fingerprint density at radius 2 is 1.93 bits per heavy atom. The van der Waals surface area contributed by atoms with Gasteiger partial charge in [0, 0.05) is 32.6 Å². The Hall–Kier alpha value is -1.90. The lowest BCUT2D eigenvalue weighted by molar-refractivity contribution is 0.630. The van der Waals surface area contributed by atoms with Gasteiger partial charge in [0.25, 0.3) is 0 Å². The van der Waals surface area contributed by atoms with Gasteiger partial charge in [0.2, 0.25) is 0 Å². The maximum Gasteiger partial charge on any atom is 0.191 e. The largest absolute Gasteiger partial charge is 0.356 e. The first kappa shape index (κ1) is 24.4. The molecule has 30 heavy (non-hydrogen) atoms. The van der Waals surface area contributed by atoms with Crippen molar-refractivity contribution >= 4 is 29.9 Å². The van der Waals surface area contributed by atoms with Gasteiger partial charge in [-0.25, -0.2) is 0 Å². The second kappa shape index (κ2) is 14.2. The molecule has 2 aromatic rings. The van der Waals surface area contributed by atoms with E-state index in [1.807, 2.05) is 0 Å². The molecule has 164 valence electrons. The van der Waals surface area contributed by atoms with E-state index in [-0.39, 0.29) is 24.0 Å². The molecule has 0 spiro atoms. The minimum atomic E-state index is 0. The van der Waals surface area contributed by atoms with Crippen molar-refractivity contribution in [2.45, 2.75) is 58.4 Å². The average Bonchev–Trinajstić information content (AvgIpc) is 3.22. The van der Waals surface area contributed by atoms with Crippen LogP contribution in [0, 0.1) is 0 Å². The molecular formula is C23H35IN6. The highest BCUT2D eigenvalue weighted by Crippen LogP contribution is 2.19. The fraction of sp³-hybridized carbons (Fsp3) is 0.522. The predicted molar refractivity (Wildman–Crippen MR) is 134 cm³/mol. The summed E-state index contributed by atoms with van der Waals surface area (Å²) in [5.74, 6) is 1.91. The topological polar surface area (TPSA) is 67.1 Å². The van der Waals surface area contributed by atoms with Crippen molar-refractivity contribution in [2.24, 2.45) is 4.99 Å². The summed E-state index contributed by atoms with van der Waals surface area (Å²) in [6, 6.07) is 10.6. The van der Waals surface area contributed by atoms with Gasteiger partial charge >= 0.3 is 0 Å². The number of hydrogen-bond acceptors (Lipinski definition) is 3. The predicted octanol–water partition coefficient (Wildman–Crippen LogP) is 4.13. The molecule has 6 nitrogen and oxygen atoms in total. The normalized spacial score (nSPS) is 14.0. The summed E-state index contributed by atoms with van der Waals surface area (Å²) < 4.78 is 2.10. The van der Waals surface area contributed by atoms with Crippen LogP contribution in [-0.2, 0) is 19.4 Å². The molecule has 0 amide bonds. The fourth-order valence-corrected chi connectivity index (χ4v) is 3.62. The van der Waals surface area contributed by atoms with Crippen LogP contribution in [0.2, 0.25) is 0 Å². The third kappa shape index (κ3) is 8.45. The van der Waals surface area contributed by atoms with Crippen molar-refractivity contribution in [3.63, 3.8) is 0 Å². The number of aromatic nitrogens is 3. The summed E-state index contributed by atoms with van der Waals surface area (Å²) in [4.78, 5) is 4.82. The van der Waals surface area contributed by atoms with E-state index in [0.29, 0.717) is 0 Å². The SMILES string of the molecule is CCc1nncn1CCNC(=NCCC1=CCCCC1)NCCc1ccccc1.I. The molecule has 0 unspecified atom stereocenters. The van der Waals surface area contributed by atoms with Crippen LogP contribution in [-0.4, -0.2) is 40.4 Å². The van der Waals surface area contributed by atoms with Gasteiger partial charge in [0.1, 0.15) is 12.2 Å². The number of rotatable bonds is 10. The summed E-state index contributed by atoms with van der Waals surface area (Å²) in [5.41, 5.74) is 2.91. The zero-order chi connectivity index (χ0) is 20.2. The number of aliphatic imine (C=N–C) groups is 1. The van der Waals surface area contributed by atoms with Crippen LogP contribution in [0.15, 0.2) is 53.3 Å². The number of hydrogen-bond donors (Lipinski definition) is 2. The smallest absolute Gasteiger partial charge is 0.191 e. The molecule has 0 fully saturated rings. The molecular weight excluding hydrogens is 487 g/mol. The molecule has 1 aromatic carbocycles. The second-order valence-electron chi connectivity index (χ2n) is 7.47. The van der Waals surface area contributed by atoms with Crippen LogP contribution in [0.5, 0.6) is 0 Å². The zero-order valence-corrected chi connectivity index (χ0v) is 20.3. The monoisotopic (exact) mass is 522 g/mol. The summed E-state index contributed by atoms with van der Waals surface area (Å²) in [7, 11) is 0. The van der Waals surface area contributed by atoms with Gasteiger partial charge in [0.05, 0.1) is 0 Å². The van der Waals surface area contributed by atoms with Gasteiger partial charge in [-0.3, -0.25) is 4.99 Å². The van der Waals surface area contributed by atoms with Gasteiger partial charge in [-0.05, 0) is 44.1 Å². The summed E-state index contributed by atoms with van der Waals surface area (Å²) in [6.07, 6.45) is 12.3. The van der Waals surface area contributed by atoms with Crippen LogP contribution < -0.4 is 10.6 Å². The van der Waals surface area contributed by atoms with E-state index in [1.54, 1.807) is 11.9 Å². The number of nitrogens with one attached hydrogen (secondary N) is 2. The maximum absolute atomic E-state index is 4.82. The third-order valence-electron chi connectivity index (χ3n) is 5.29. The molecule has 0 saturated carbocycles. The molecule has 0 bridgehead atoms. The molecule has 0 atom stereocenters. The lowest BCUT2D eigenvalue weighted by atomic mass is 9.97. The van der Waals surface area contributed by atoms with E-state index in [4.69, 9.17) is 4.99 Å². The number of halogens is 1.